The number of sulfonamides is 1. The second-order valence-corrected chi connectivity index (χ2v) is 6.60. The monoisotopic (exact) mass is 319 g/mol. The maximum atomic E-state index is 11.5. The van der Waals surface area contributed by atoms with E-state index in [2.05, 4.69) is 0 Å². The molecule has 2 aromatic rings. The molecule has 116 valence electrons. The highest BCUT2D eigenvalue weighted by Gasteiger charge is 2.10. The van der Waals surface area contributed by atoms with Gasteiger partial charge in [-0.2, -0.15) is 0 Å². The van der Waals surface area contributed by atoms with Gasteiger partial charge < -0.3 is 4.74 Å². The maximum absolute atomic E-state index is 11.5. The van der Waals surface area contributed by atoms with Crippen LogP contribution in [0.3, 0.4) is 0 Å². The van der Waals surface area contributed by atoms with E-state index in [1.165, 1.54) is 0 Å². The van der Waals surface area contributed by atoms with Crippen LogP contribution < -0.4 is 9.46 Å². The van der Waals surface area contributed by atoms with Crippen LogP contribution in [0.15, 0.2) is 54.6 Å². The third kappa shape index (κ3) is 5.21. The Labute approximate surface area is 130 Å². The van der Waals surface area contributed by atoms with Gasteiger partial charge in [-0.15, -0.1) is 0 Å². The summed E-state index contributed by atoms with van der Waals surface area (Å²) >= 11 is 0. The zero-order chi connectivity index (χ0) is 16.0. The molecule has 2 aromatic carbocycles. The van der Waals surface area contributed by atoms with Gasteiger partial charge in [0.2, 0.25) is 10.0 Å². The van der Waals surface area contributed by atoms with Crippen LogP contribution in [0, 0.1) is 0 Å². The Balaban J connectivity index is 2.04. The number of benzene rings is 2. The molecule has 0 aliphatic rings. The minimum Gasteiger partial charge on any atom is -0.483 e. The molecular formula is C16H17NO4S. The van der Waals surface area contributed by atoms with Crippen LogP contribution in [0.4, 0.5) is 0 Å². The molecule has 0 radical (unpaired) electrons. The van der Waals surface area contributed by atoms with E-state index in [1.54, 1.807) is 12.1 Å². The highest BCUT2D eigenvalue weighted by atomic mass is 32.2. The van der Waals surface area contributed by atoms with Gasteiger partial charge in [0.05, 0.1) is 6.26 Å². The van der Waals surface area contributed by atoms with E-state index in [9.17, 15) is 13.2 Å². The van der Waals surface area contributed by atoms with Crippen molar-refractivity contribution in [3.05, 3.63) is 65.7 Å². The first-order valence-electron chi connectivity index (χ1n) is 6.69. The number of ether oxygens (including phenoxy) is 1. The van der Waals surface area contributed by atoms with Crippen molar-refractivity contribution in [1.29, 1.82) is 0 Å². The van der Waals surface area contributed by atoms with Gasteiger partial charge in [0, 0.05) is 6.42 Å². The van der Waals surface area contributed by atoms with Gasteiger partial charge in [-0.05, 0) is 17.2 Å². The standard InChI is InChI=1S/C16H17NO4S/c1-22(19,20)17-16(18)12-21-15-10-6-5-9-14(15)11-13-7-3-2-4-8-13/h2-10H,11-12H2,1H3,(H,17,18). The van der Waals surface area contributed by atoms with Crippen LogP contribution in [0.5, 0.6) is 5.75 Å². The molecule has 0 atom stereocenters. The normalized spacial score (nSPS) is 11.0. The summed E-state index contributed by atoms with van der Waals surface area (Å²) < 4.78 is 29.3. The number of amides is 1. The fraction of sp³-hybridized carbons (Fsp3) is 0.188. The molecule has 0 aromatic heterocycles. The van der Waals surface area contributed by atoms with Crippen molar-refractivity contribution in [2.75, 3.05) is 12.9 Å². The quantitative estimate of drug-likeness (QED) is 0.880. The van der Waals surface area contributed by atoms with Crippen LogP contribution >= 0.6 is 0 Å². The third-order valence-electron chi connectivity index (χ3n) is 2.87. The molecule has 0 spiro atoms. The zero-order valence-corrected chi connectivity index (χ0v) is 13.0. The summed E-state index contributed by atoms with van der Waals surface area (Å²) in [4.78, 5) is 11.5. The first kappa shape index (κ1) is 16.0. The molecule has 0 unspecified atom stereocenters. The van der Waals surface area contributed by atoms with E-state index in [0.717, 1.165) is 17.4 Å². The smallest absolute Gasteiger partial charge is 0.271 e. The summed E-state index contributed by atoms with van der Waals surface area (Å²) in [6.45, 7) is -0.348. The molecule has 0 fully saturated rings. The predicted molar refractivity (Wildman–Crippen MR) is 84.2 cm³/mol. The Kier molecular flexibility index (Phi) is 5.16. The van der Waals surface area contributed by atoms with Crippen LogP contribution in [0.25, 0.3) is 0 Å². The van der Waals surface area contributed by atoms with E-state index in [4.69, 9.17) is 4.74 Å². The summed E-state index contributed by atoms with van der Waals surface area (Å²) in [6, 6.07) is 17.2. The molecule has 1 amide bonds. The van der Waals surface area contributed by atoms with Crippen molar-refractivity contribution in [2.24, 2.45) is 0 Å². The highest BCUT2D eigenvalue weighted by Crippen LogP contribution is 2.21. The fourth-order valence-corrected chi connectivity index (χ4v) is 2.46. The average Bonchev–Trinajstić information content (AvgIpc) is 2.46. The van der Waals surface area contributed by atoms with Crippen molar-refractivity contribution in [3.8, 4) is 5.75 Å². The topological polar surface area (TPSA) is 72.5 Å². The van der Waals surface area contributed by atoms with Crippen LogP contribution in [0.1, 0.15) is 11.1 Å². The zero-order valence-electron chi connectivity index (χ0n) is 12.2. The second-order valence-electron chi connectivity index (χ2n) is 4.86. The Bertz CT molecular complexity index is 742. The lowest BCUT2D eigenvalue weighted by Crippen LogP contribution is -2.33. The molecule has 0 aliphatic carbocycles. The van der Waals surface area contributed by atoms with Gasteiger partial charge in [0.25, 0.3) is 5.91 Å². The van der Waals surface area contributed by atoms with E-state index in [1.807, 2.05) is 47.2 Å². The lowest BCUT2D eigenvalue weighted by Gasteiger charge is -2.11. The molecule has 0 saturated carbocycles. The molecule has 0 saturated heterocycles. The molecule has 0 aliphatic heterocycles. The molecule has 0 bridgehead atoms. The molecule has 2 rings (SSSR count). The fourth-order valence-electron chi connectivity index (χ4n) is 1.99. The Morgan fingerprint density at radius 3 is 2.36 bits per heavy atom. The SMILES string of the molecule is CS(=O)(=O)NC(=O)COc1ccccc1Cc1ccccc1. The highest BCUT2D eigenvalue weighted by molar-refractivity contribution is 7.89. The Morgan fingerprint density at radius 1 is 1.05 bits per heavy atom. The molecule has 6 heteroatoms. The van der Waals surface area contributed by atoms with E-state index in [-0.39, 0.29) is 6.61 Å². The number of carbonyl (C=O) groups excluding carboxylic acids is 1. The largest absolute Gasteiger partial charge is 0.483 e. The van der Waals surface area contributed by atoms with Gasteiger partial charge in [-0.25, -0.2) is 8.42 Å². The molecule has 1 N–H and O–H groups in total. The lowest BCUT2D eigenvalue weighted by molar-refractivity contribution is -0.121. The summed E-state index contributed by atoms with van der Waals surface area (Å²) in [5, 5.41) is 0. The van der Waals surface area contributed by atoms with Crippen molar-refractivity contribution in [2.45, 2.75) is 6.42 Å². The molecule has 22 heavy (non-hydrogen) atoms. The molecule has 5 nitrogen and oxygen atoms in total. The minimum atomic E-state index is -3.57. The van der Waals surface area contributed by atoms with Crippen LogP contribution in [0.2, 0.25) is 0 Å². The van der Waals surface area contributed by atoms with Crippen molar-refractivity contribution in [1.82, 2.24) is 4.72 Å². The van der Waals surface area contributed by atoms with Gasteiger partial charge in [0.1, 0.15) is 5.75 Å². The number of carbonyl (C=O) groups is 1. The summed E-state index contributed by atoms with van der Waals surface area (Å²) in [5.74, 6) is -0.132. The number of nitrogens with one attached hydrogen (secondary N) is 1. The van der Waals surface area contributed by atoms with Crippen LogP contribution in [-0.4, -0.2) is 27.2 Å². The summed E-state index contributed by atoms with van der Waals surface area (Å²) in [6.07, 6.45) is 1.60. The Hall–Kier alpha value is -2.34. The number of hydrogen-bond acceptors (Lipinski definition) is 4. The predicted octanol–water partition coefficient (Wildman–Crippen LogP) is 1.73. The van der Waals surface area contributed by atoms with Crippen LogP contribution in [-0.2, 0) is 21.2 Å². The first-order valence-corrected chi connectivity index (χ1v) is 8.58. The van der Waals surface area contributed by atoms with Crippen molar-refractivity contribution in [3.63, 3.8) is 0 Å². The number of rotatable bonds is 6. The van der Waals surface area contributed by atoms with E-state index in [0.29, 0.717) is 12.2 Å². The third-order valence-corrected chi connectivity index (χ3v) is 3.47. The number of hydrogen-bond donors (Lipinski definition) is 1. The lowest BCUT2D eigenvalue weighted by atomic mass is 10.0. The minimum absolute atomic E-state index is 0.348. The van der Waals surface area contributed by atoms with Gasteiger partial charge in [-0.3, -0.25) is 9.52 Å². The van der Waals surface area contributed by atoms with Gasteiger partial charge in [0.15, 0.2) is 6.61 Å². The van der Waals surface area contributed by atoms with Gasteiger partial charge >= 0.3 is 0 Å². The Morgan fingerprint density at radius 2 is 1.68 bits per heavy atom. The molecule has 0 heterocycles. The summed E-state index contributed by atoms with van der Waals surface area (Å²) in [7, 11) is -3.57. The summed E-state index contributed by atoms with van der Waals surface area (Å²) in [5.41, 5.74) is 2.06. The second kappa shape index (κ2) is 7.09. The average molecular weight is 319 g/mol. The maximum Gasteiger partial charge on any atom is 0.271 e. The number of para-hydroxylation sites is 1. The van der Waals surface area contributed by atoms with Gasteiger partial charge in [-0.1, -0.05) is 48.5 Å². The van der Waals surface area contributed by atoms with Crippen molar-refractivity contribution < 1.29 is 17.9 Å². The van der Waals surface area contributed by atoms with E-state index < -0.39 is 15.9 Å². The molecular weight excluding hydrogens is 302 g/mol. The van der Waals surface area contributed by atoms with E-state index >= 15 is 0 Å². The first-order chi connectivity index (χ1) is 10.4. The van der Waals surface area contributed by atoms with Crippen molar-refractivity contribution >= 4 is 15.9 Å².